The lowest BCUT2D eigenvalue weighted by molar-refractivity contribution is 0.663. The van der Waals surface area contributed by atoms with Gasteiger partial charge in [-0.2, -0.15) is 0 Å². The highest BCUT2D eigenvalue weighted by atomic mass is 32.1. The summed E-state index contributed by atoms with van der Waals surface area (Å²) in [5, 5.41) is 9.22. The molecule has 0 aliphatic heterocycles. The maximum absolute atomic E-state index is 5.81. The first-order valence-electron chi connectivity index (χ1n) is 5.39. The van der Waals surface area contributed by atoms with Crippen molar-refractivity contribution in [3.05, 3.63) is 17.5 Å². The molecule has 5 heteroatoms. The van der Waals surface area contributed by atoms with E-state index in [-0.39, 0.29) is 0 Å². The van der Waals surface area contributed by atoms with Gasteiger partial charge in [-0.3, -0.25) is 0 Å². The lowest BCUT2D eigenvalue weighted by Crippen LogP contribution is -2.01. The highest BCUT2D eigenvalue weighted by molar-refractivity contribution is 7.19. The Labute approximate surface area is 99.1 Å². The first-order valence-corrected chi connectivity index (χ1v) is 6.21. The Hall–Kier alpha value is -1.36. The van der Waals surface area contributed by atoms with Crippen LogP contribution in [0.4, 0.5) is 5.00 Å². The average molecular weight is 236 g/mol. The predicted octanol–water partition coefficient (Wildman–Crippen LogP) is 2.62. The van der Waals surface area contributed by atoms with Gasteiger partial charge in [0.25, 0.3) is 0 Å². The lowest BCUT2D eigenvalue weighted by Gasteiger charge is -2.05. The molecule has 0 fully saturated rings. The summed E-state index contributed by atoms with van der Waals surface area (Å²) in [5.74, 6) is 1.90. The molecule has 2 aromatic heterocycles. The highest BCUT2D eigenvalue weighted by Crippen LogP contribution is 2.32. The van der Waals surface area contributed by atoms with Gasteiger partial charge in [0, 0.05) is 6.54 Å². The van der Waals surface area contributed by atoms with Crippen molar-refractivity contribution >= 4 is 16.3 Å². The Bertz CT molecular complexity index is 498. The summed E-state index contributed by atoms with van der Waals surface area (Å²) in [6, 6.07) is 1.99. The number of aryl methyl sites for hydroxylation is 2. The molecule has 2 N–H and O–H groups in total. The van der Waals surface area contributed by atoms with Crippen molar-refractivity contribution in [3.63, 3.8) is 0 Å². The third-order valence-corrected chi connectivity index (χ3v) is 3.59. The summed E-state index contributed by atoms with van der Waals surface area (Å²) in [4.78, 5) is 1.13. The van der Waals surface area contributed by atoms with E-state index in [0.717, 1.165) is 34.5 Å². The van der Waals surface area contributed by atoms with Crippen LogP contribution in [0.1, 0.15) is 24.7 Å². The zero-order valence-electron chi connectivity index (χ0n) is 9.82. The van der Waals surface area contributed by atoms with Gasteiger partial charge < -0.3 is 10.3 Å². The van der Waals surface area contributed by atoms with E-state index >= 15 is 0 Å². The molecule has 0 amide bonds. The Kier molecular flexibility index (Phi) is 2.96. The second-order valence-electron chi connectivity index (χ2n) is 3.88. The molecule has 0 bridgehead atoms. The number of thiophene rings is 1. The van der Waals surface area contributed by atoms with Crippen LogP contribution >= 0.6 is 11.3 Å². The van der Waals surface area contributed by atoms with Crippen molar-refractivity contribution in [3.8, 4) is 10.7 Å². The first kappa shape index (κ1) is 11.1. The largest absolute Gasteiger partial charge is 0.391 e. The molecule has 0 spiro atoms. The minimum atomic E-state index is 0.830. The molecule has 0 aliphatic rings. The van der Waals surface area contributed by atoms with Crippen LogP contribution in [-0.4, -0.2) is 14.8 Å². The number of rotatable bonds is 3. The van der Waals surface area contributed by atoms with Crippen LogP contribution < -0.4 is 5.73 Å². The fraction of sp³-hybridized carbons (Fsp3) is 0.455. The summed E-state index contributed by atoms with van der Waals surface area (Å²) in [6.45, 7) is 7.14. The van der Waals surface area contributed by atoms with Crippen LogP contribution in [0.2, 0.25) is 0 Å². The zero-order chi connectivity index (χ0) is 11.7. The Morgan fingerprint density at radius 2 is 2.12 bits per heavy atom. The van der Waals surface area contributed by atoms with Crippen LogP contribution in [0.15, 0.2) is 6.07 Å². The quantitative estimate of drug-likeness (QED) is 0.891. The molecule has 0 unspecified atom stereocenters. The number of nitrogens with two attached hydrogens (primary N) is 1. The average Bonchev–Trinajstić information content (AvgIpc) is 2.73. The maximum atomic E-state index is 5.81. The standard InChI is InChI=1S/C11H16N4S/c1-4-5-15-8(3)13-14-11(15)10-7(2)6-9(12)16-10/h6H,4-5,12H2,1-3H3. The van der Waals surface area contributed by atoms with Gasteiger partial charge in [-0.1, -0.05) is 6.92 Å². The van der Waals surface area contributed by atoms with E-state index in [1.807, 2.05) is 13.0 Å². The molecule has 4 nitrogen and oxygen atoms in total. The monoisotopic (exact) mass is 236 g/mol. The smallest absolute Gasteiger partial charge is 0.174 e. The molecule has 0 atom stereocenters. The number of aromatic nitrogens is 3. The Balaban J connectivity index is 2.51. The summed E-state index contributed by atoms with van der Waals surface area (Å²) in [6.07, 6.45) is 1.08. The molecule has 2 aromatic rings. The third-order valence-electron chi connectivity index (χ3n) is 2.52. The molecular formula is C11H16N4S. The topological polar surface area (TPSA) is 56.7 Å². The Morgan fingerprint density at radius 3 is 2.69 bits per heavy atom. The lowest BCUT2D eigenvalue weighted by atomic mass is 10.2. The van der Waals surface area contributed by atoms with Gasteiger partial charge in [0.2, 0.25) is 0 Å². The molecule has 2 rings (SSSR count). The predicted molar refractivity (Wildman–Crippen MR) is 67.5 cm³/mol. The second-order valence-corrected chi connectivity index (χ2v) is 4.97. The molecule has 2 heterocycles. The summed E-state index contributed by atoms with van der Waals surface area (Å²) >= 11 is 1.58. The van der Waals surface area contributed by atoms with Crippen LogP contribution in [0.5, 0.6) is 0 Å². The van der Waals surface area contributed by atoms with E-state index < -0.39 is 0 Å². The number of hydrogen-bond acceptors (Lipinski definition) is 4. The normalized spacial score (nSPS) is 10.9. The van der Waals surface area contributed by atoms with E-state index in [2.05, 4.69) is 28.6 Å². The second kappa shape index (κ2) is 4.25. The third kappa shape index (κ3) is 1.82. The van der Waals surface area contributed by atoms with E-state index in [0.29, 0.717) is 0 Å². The van der Waals surface area contributed by atoms with Gasteiger partial charge in [0.15, 0.2) is 5.82 Å². The summed E-state index contributed by atoms with van der Waals surface area (Å²) in [5.41, 5.74) is 6.98. The van der Waals surface area contributed by atoms with Crippen LogP contribution in [0, 0.1) is 13.8 Å². The van der Waals surface area contributed by atoms with E-state index in [4.69, 9.17) is 5.73 Å². The van der Waals surface area contributed by atoms with Crippen molar-refractivity contribution in [2.75, 3.05) is 5.73 Å². The molecule has 0 aromatic carbocycles. The van der Waals surface area contributed by atoms with Crippen molar-refractivity contribution in [1.82, 2.24) is 14.8 Å². The van der Waals surface area contributed by atoms with Crippen molar-refractivity contribution in [2.45, 2.75) is 33.7 Å². The Morgan fingerprint density at radius 1 is 1.38 bits per heavy atom. The SMILES string of the molecule is CCCn1c(C)nnc1-c1sc(N)cc1C. The van der Waals surface area contributed by atoms with Gasteiger partial charge in [0.1, 0.15) is 5.82 Å². The van der Waals surface area contributed by atoms with E-state index in [1.165, 1.54) is 5.56 Å². The van der Waals surface area contributed by atoms with E-state index in [9.17, 15) is 0 Å². The minimum absolute atomic E-state index is 0.830. The highest BCUT2D eigenvalue weighted by Gasteiger charge is 2.14. The van der Waals surface area contributed by atoms with Crippen molar-refractivity contribution in [1.29, 1.82) is 0 Å². The van der Waals surface area contributed by atoms with Gasteiger partial charge in [-0.05, 0) is 31.9 Å². The van der Waals surface area contributed by atoms with Gasteiger partial charge in [-0.15, -0.1) is 21.5 Å². The van der Waals surface area contributed by atoms with Gasteiger partial charge in [0.05, 0.1) is 9.88 Å². The molecule has 0 saturated heterocycles. The molecule has 0 aliphatic carbocycles. The number of nitrogens with zero attached hydrogens (tertiary/aromatic N) is 3. The molecule has 0 radical (unpaired) electrons. The van der Waals surface area contributed by atoms with E-state index in [1.54, 1.807) is 11.3 Å². The first-order chi connectivity index (χ1) is 7.63. The molecular weight excluding hydrogens is 220 g/mol. The number of anilines is 1. The maximum Gasteiger partial charge on any atom is 0.174 e. The fourth-order valence-corrected chi connectivity index (χ4v) is 2.70. The van der Waals surface area contributed by atoms with Crippen LogP contribution in [0.3, 0.4) is 0 Å². The van der Waals surface area contributed by atoms with Gasteiger partial charge >= 0.3 is 0 Å². The van der Waals surface area contributed by atoms with Gasteiger partial charge in [-0.25, -0.2) is 0 Å². The van der Waals surface area contributed by atoms with Crippen molar-refractivity contribution < 1.29 is 0 Å². The molecule has 86 valence electrons. The van der Waals surface area contributed by atoms with Crippen LogP contribution in [-0.2, 0) is 6.54 Å². The molecule has 16 heavy (non-hydrogen) atoms. The molecule has 0 saturated carbocycles. The minimum Gasteiger partial charge on any atom is -0.391 e. The summed E-state index contributed by atoms with van der Waals surface area (Å²) in [7, 11) is 0. The number of hydrogen-bond donors (Lipinski definition) is 1. The van der Waals surface area contributed by atoms with Crippen LogP contribution in [0.25, 0.3) is 10.7 Å². The number of nitrogen functional groups attached to an aromatic ring is 1. The van der Waals surface area contributed by atoms with Crippen molar-refractivity contribution in [2.24, 2.45) is 0 Å². The summed E-state index contributed by atoms with van der Waals surface area (Å²) < 4.78 is 2.15. The fourth-order valence-electron chi connectivity index (χ4n) is 1.77. The zero-order valence-corrected chi connectivity index (χ0v) is 10.6.